The van der Waals surface area contributed by atoms with Gasteiger partial charge < -0.3 is 24.0 Å². The molecular formula is C21H23ClIN3O. The fourth-order valence-electron chi connectivity index (χ4n) is 3.28. The van der Waals surface area contributed by atoms with Crippen molar-refractivity contribution in [1.29, 1.82) is 0 Å². The summed E-state index contributed by atoms with van der Waals surface area (Å²) in [5.74, 6) is 1.01. The number of nitrogens with zero attached hydrogens (tertiary/aromatic N) is 3. The minimum Gasteiger partial charge on any atom is -1.00 e. The van der Waals surface area contributed by atoms with Crippen LogP contribution in [0.4, 0.5) is 5.69 Å². The first-order valence-corrected chi connectivity index (χ1v) is 9.19. The summed E-state index contributed by atoms with van der Waals surface area (Å²) in [5.41, 5.74) is 3.07. The average Bonchev–Trinajstić information content (AvgIpc) is 2.94. The first kappa shape index (κ1) is 21.4. The zero-order chi connectivity index (χ0) is 18.7. The number of halogens is 2. The highest BCUT2D eigenvalue weighted by Crippen LogP contribution is 2.21. The van der Waals surface area contributed by atoms with Crippen molar-refractivity contribution in [3.05, 3.63) is 65.6 Å². The highest BCUT2D eigenvalue weighted by atomic mass is 127. The largest absolute Gasteiger partial charge is 1.00 e. The fraction of sp³-hybridized carbons (Fsp3) is 0.238. The van der Waals surface area contributed by atoms with Gasteiger partial charge in [-0.15, -0.1) is 0 Å². The molecule has 1 aromatic heterocycles. The van der Waals surface area contributed by atoms with Crippen LogP contribution in [0.1, 0.15) is 26.6 Å². The van der Waals surface area contributed by atoms with Crippen molar-refractivity contribution in [3.8, 4) is 0 Å². The number of para-hydroxylation sites is 1. The lowest BCUT2D eigenvalue weighted by Crippen LogP contribution is -3.00. The van der Waals surface area contributed by atoms with Gasteiger partial charge in [-0.3, -0.25) is 9.69 Å². The van der Waals surface area contributed by atoms with Gasteiger partial charge in [0, 0.05) is 36.0 Å². The molecule has 3 aromatic rings. The highest BCUT2D eigenvalue weighted by Gasteiger charge is 2.22. The molecule has 2 aromatic carbocycles. The molecule has 1 heterocycles. The number of aromatic nitrogens is 2. The van der Waals surface area contributed by atoms with Crippen LogP contribution in [0.2, 0.25) is 5.02 Å². The SMILES string of the molecule is CCn1c(C=CN(C(C)=O)c2ccccc2)[n+](CC)c2ccc(Cl)cc21.[I-]. The quantitative estimate of drug-likeness (QED) is 0.391. The predicted octanol–water partition coefficient (Wildman–Crippen LogP) is 1.65. The van der Waals surface area contributed by atoms with Crippen molar-refractivity contribution in [3.63, 3.8) is 0 Å². The van der Waals surface area contributed by atoms with Crippen molar-refractivity contribution >= 4 is 40.3 Å². The normalized spacial score (nSPS) is 11.0. The van der Waals surface area contributed by atoms with Gasteiger partial charge in [0.1, 0.15) is 0 Å². The van der Waals surface area contributed by atoms with Crippen LogP contribution in [-0.4, -0.2) is 10.5 Å². The Morgan fingerprint density at radius 2 is 1.89 bits per heavy atom. The number of imidazole rings is 1. The lowest BCUT2D eigenvalue weighted by atomic mass is 10.3. The molecule has 0 saturated carbocycles. The summed E-state index contributed by atoms with van der Waals surface area (Å²) < 4.78 is 4.44. The number of amides is 1. The third-order valence-electron chi connectivity index (χ3n) is 4.45. The Hall–Kier alpha value is -1.86. The van der Waals surface area contributed by atoms with Crippen molar-refractivity contribution in [1.82, 2.24) is 4.57 Å². The van der Waals surface area contributed by atoms with Crippen LogP contribution in [0.5, 0.6) is 0 Å². The third-order valence-corrected chi connectivity index (χ3v) is 4.69. The Morgan fingerprint density at radius 1 is 1.19 bits per heavy atom. The molecule has 0 fully saturated rings. The van der Waals surface area contributed by atoms with Crippen LogP contribution < -0.4 is 33.4 Å². The van der Waals surface area contributed by atoms with Crippen LogP contribution >= 0.6 is 11.6 Å². The molecule has 142 valence electrons. The van der Waals surface area contributed by atoms with Gasteiger partial charge in [-0.05, 0) is 38.1 Å². The van der Waals surface area contributed by atoms with Gasteiger partial charge in [0.15, 0.2) is 11.0 Å². The summed E-state index contributed by atoms with van der Waals surface area (Å²) in [7, 11) is 0. The lowest BCUT2D eigenvalue weighted by Gasteiger charge is -2.15. The van der Waals surface area contributed by atoms with E-state index in [9.17, 15) is 4.79 Å². The summed E-state index contributed by atoms with van der Waals surface area (Å²) >= 11 is 6.21. The number of fused-ring (bicyclic) bond motifs is 1. The maximum atomic E-state index is 12.1. The zero-order valence-electron chi connectivity index (χ0n) is 15.7. The Kier molecular flexibility index (Phi) is 7.44. The number of hydrogen-bond donors (Lipinski definition) is 0. The fourth-order valence-corrected chi connectivity index (χ4v) is 3.45. The molecule has 0 spiro atoms. The smallest absolute Gasteiger partial charge is 0.283 e. The molecule has 3 rings (SSSR count). The van der Waals surface area contributed by atoms with Crippen LogP contribution in [0.15, 0.2) is 54.7 Å². The number of rotatable bonds is 5. The van der Waals surface area contributed by atoms with Gasteiger partial charge in [-0.2, -0.15) is 0 Å². The van der Waals surface area contributed by atoms with E-state index in [4.69, 9.17) is 11.6 Å². The molecule has 0 unspecified atom stereocenters. The number of benzene rings is 2. The van der Waals surface area contributed by atoms with E-state index in [1.165, 1.54) is 0 Å². The molecule has 0 aliphatic rings. The maximum Gasteiger partial charge on any atom is 0.283 e. The van der Waals surface area contributed by atoms with E-state index in [1.807, 2.05) is 60.8 Å². The number of aryl methyl sites for hydroxylation is 2. The van der Waals surface area contributed by atoms with Crippen molar-refractivity contribution < 1.29 is 33.3 Å². The molecule has 27 heavy (non-hydrogen) atoms. The first-order chi connectivity index (χ1) is 12.6. The lowest BCUT2D eigenvalue weighted by molar-refractivity contribution is -0.670. The monoisotopic (exact) mass is 495 g/mol. The van der Waals surface area contributed by atoms with Crippen LogP contribution in [0, 0.1) is 0 Å². The van der Waals surface area contributed by atoms with E-state index < -0.39 is 0 Å². The Bertz CT molecular complexity index is 966. The summed E-state index contributed by atoms with van der Waals surface area (Å²) in [5, 5.41) is 0.720. The number of anilines is 1. The molecule has 4 nitrogen and oxygen atoms in total. The number of carbonyl (C=O) groups is 1. The van der Waals surface area contributed by atoms with Gasteiger partial charge in [-0.25, -0.2) is 9.13 Å². The topological polar surface area (TPSA) is 29.1 Å². The van der Waals surface area contributed by atoms with Crippen molar-refractivity contribution in [2.45, 2.75) is 33.9 Å². The van der Waals surface area contributed by atoms with Gasteiger partial charge in [0.25, 0.3) is 5.82 Å². The molecule has 1 amide bonds. The summed E-state index contributed by atoms with van der Waals surface area (Å²) in [4.78, 5) is 13.8. The molecule has 0 radical (unpaired) electrons. The van der Waals surface area contributed by atoms with E-state index in [0.717, 1.165) is 40.7 Å². The molecule has 0 bridgehead atoms. The molecular weight excluding hydrogens is 473 g/mol. The van der Waals surface area contributed by atoms with Crippen molar-refractivity contribution in [2.75, 3.05) is 4.90 Å². The molecule has 0 saturated heterocycles. The second kappa shape index (κ2) is 9.37. The molecule has 0 atom stereocenters. The molecule has 0 aliphatic carbocycles. The first-order valence-electron chi connectivity index (χ1n) is 8.81. The summed E-state index contributed by atoms with van der Waals surface area (Å²) in [6, 6.07) is 15.6. The third kappa shape index (κ3) is 4.35. The van der Waals surface area contributed by atoms with Crippen LogP contribution in [0.25, 0.3) is 17.1 Å². The second-order valence-corrected chi connectivity index (χ2v) is 6.46. The Labute approximate surface area is 182 Å². The van der Waals surface area contributed by atoms with E-state index in [0.29, 0.717) is 0 Å². The minimum atomic E-state index is -0.0299. The summed E-state index contributed by atoms with van der Waals surface area (Å²) in [6.07, 6.45) is 3.83. The number of hydrogen-bond acceptors (Lipinski definition) is 1. The standard InChI is InChI=1S/C21H23ClN3O.HI/c1-4-23-19-12-11-17(22)15-20(19)24(5-2)21(23)13-14-25(16(3)26)18-9-7-6-8-10-18;/h6-15H,4-5H2,1-3H3;1H/q+1;/p-1. The Morgan fingerprint density at radius 3 is 2.48 bits per heavy atom. The predicted molar refractivity (Wildman–Crippen MR) is 107 cm³/mol. The van der Waals surface area contributed by atoms with E-state index in [-0.39, 0.29) is 29.9 Å². The van der Waals surface area contributed by atoms with Gasteiger partial charge in [-0.1, -0.05) is 29.8 Å². The van der Waals surface area contributed by atoms with Gasteiger partial charge >= 0.3 is 0 Å². The highest BCUT2D eigenvalue weighted by molar-refractivity contribution is 6.31. The zero-order valence-corrected chi connectivity index (χ0v) is 18.6. The average molecular weight is 496 g/mol. The van der Waals surface area contributed by atoms with Crippen LogP contribution in [0.3, 0.4) is 0 Å². The van der Waals surface area contributed by atoms with Crippen LogP contribution in [-0.2, 0) is 17.9 Å². The van der Waals surface area contributed by atoms with E-state index in [1.54, 1.807) is 11.8 Å². The minimum absolute atomic E-state index is 0. The van der Waals surface area contributed by atoms with Gasteiger partial charge in [0.05, 0.1) is 13.1 Å². The second-order valence-electron chi connectivity index (χ2n) is 6.02. The molecule has 0 N–H and O–H groups in total. The maximum absolute atomic E-state index is 12.1. The summed E-state index contributed by atoms with van der Waals surface area (Å²) in [6.45, 7) is 7.44. The molecule has 0 aliphatic heterocycles. The van der Waals surface area contributed by atoms with Crippen molar-refractivity contribution in [2.24, 2.45) is 0 Å². The van der Waals surface area contributed by atoms with Gasteiger partial charge in [0.2, 0.25) is 5.91 Å². The Balaban J connectivity index is 0.00000261. The van der Waals surface area contributed by atoms with E-state index >= 15 is 0 Å². The van der Waals surface area contributed by atoms with E-state index in [2.05, 4.69) is 23.0 Å². The molecule has 6 heteroatoms. The number of carbonyl (C=O) groups excluding carboxylic acids is 1.